The van der Waals surface area contributed by atoms with Gasteiger partial charge in [-0.15, -0.1) is 0 Å². The lowest BCUT2D eigenvalue weighted by Crippen LogP contribution is -2.45. The van der Waals surface area contributed by atoms with E-state index in [2.05, 4.69) is 10.6 Å². The maximum absolute atomic E-state index is 13.8. The Balaban J connectivity index is 1.21. The minimum atomic E-state index is -0.665. The lowest BCUT2D eigenvalue weighted by atomic mass is 9.97. The molecule has 7 rings (SSSR count). The summed E-state index contributed by atoms with van der Waals surface area (Å²) in [5.74, 6) is 0.208. The van der Waals surface area contributed by atoms with Gasteiger partial charge in [0.15, 0.2) is 5.58 Å². The first kappa shape index (κ1) is 36.4. The Morgan fingerprint density at radius 3 is 2.44 bits per heavy atom. The number of oxazole rings is 1. The van der Waals surface area contributed by atoms with Crippen LogP contribution in [0.25, 0.3) is 56.0 Å². The molecule has 0 unspecified atom stereocenters. The number of carbonyl (C=O) groups excluding carboxylic acids is 3. The number of furan rings is 1. The highest BCUT2D eigenvalue weighted by Gasteiger charge is 2.36. The van der Waals surface area contributed by atoms with Crippen LogP contribution in [0, 0.1) is 5.82 Å². The molecule has 3 heterocycles. The Bertz CT molecular complexity index is 2390. The summed E-state index contributed by atoms with van der Waals surface area (Å²) >= 11 is 0. The summed E-state index contributed by atoms with van der Waals surface area (Å²) in [6.45, 7) is 7.84. The number of hydrogen-bond donors (Lipinski definition) is 2. The van der Waals surface area contributed by atoms with Gasteiger partial charge in [-0.05, 0) is 101 Å². The summed E-state index contributed by atoms with van der Waals surface area (Å²) in [4.78, 5) is 46.6. The highest BCUT2D eigenvalue weighted by molar-refractivity contribution is 6.03. The molecular weight excluding hydrogens is 689 g/mol. The highest BCUT2D eigenvalue weighted by Crippen LogP contribution is 2.42. The number of rotatable bonds is 8. The summed E-state index contributed by atoms with van der Waals surface area (Å²) in [6.07, 6.45) is 0.743. The Hall–Kier alpha value is -6.01. The number of nitrogens with one attached hydrogen (secondary N) is 2. The number of aromatic nitrogens is 1. The molecule has 0 spiro atoms. The standard InChI is InChI=1S/C42H42FN5O6/c1-24(49)47(6)35-22-36-31(32(23-44-5)38(52-36)25-12-14-28(43)15-13-25)21-30(35)26-9-7-10-27(19-26)40-46-33-17-16-29(20-37(33)53-40)45-39(50)34-11-8-18-48(34)41(51)54-42(2,3)4/h7,9-10,12-17,19-22,34,44H,8,11,18,23H2,1-6H3,(H,45,50)/t34-/m0/s1. The Morgan fingerprint density at radius 1 is 0.963 bits per heavy atom. The minimum absolute atomic E-state index is 0.153. The molecule has 1 aliphatic rings. The van der Waals surface area contributed by atoms with Crippen molar-refractivity contribution in [2.75, 3.05) is 30.9 Å². The van der Waals surface area contributed by atoms with E-state index in [1.807, 2.05) is 43.4 Å². The van der Waals surface area contributed by atoms with Crippen molar-refractivity contribution in [3.8, 4) is 33.9 Å². The van der Waals surface area contributed by atoms with Gasteiger partial charge in [0.1, 0.15) is 34.3 Å². The van der Waals surface area contributed by atoms with Crippen LogP contribution in [0.1, 0.15) is 46.1 Å². The van der Waals surface area contributed by atoms with E-state index in [9.17, 15) is 18.8 Å². The summed E-state index contributed by atoms with van der Waals surface area (Å²) in [7, 11) is 3.57. The fraction of sp³-hybridized carbons (Fsp3) is 0.286. The van der Waals surface area contributed by atoms with Gasteiger partial charge in [0.05, 0.1) is 5.69 Å². The number of anilines is 2. The van der Waals surface area contributed by atoms with Gasteiger partial charge in [-0.25, -0.2) is 14.2 Å². The second kappa shape index (κ2) is 14.4. The lowest BCUT2D eigenvalue weighted by Gasteiger charge is -2.28. The van der Waals surface area contributed by atoms with Crippen molar-refractivity contribution in [1.29, 1.82) is 0 Å². The highest BCUT2D eigenvalue weighted by atomic mass is 19.1. The zero-order valence-corrected chi connectivity index (χ0v) is 31.1. The third-order valence-corrected chi connectivity index (χ3v) is 9.46. The van der Waals surface area contributed by atoms with Crippen LogP contribution < -0.4 is 15.5 Å². The molecule has 3 amide bonds. The molecule has 12 heteroatoms. The SMILES string of the molecule is CNCc1c(-c2ccc(F)cc2)oc2cc(N(C)C(C)=O)c(-c3cccc(-c4nc5ccc(NC(=O)[C@@H]6CCCN6C(=O)OC(C)(C)C)cc5o4)c3)cc12. The van der Waals surface area contributed by atoms with Crippen molar-refractivity contribution < 1.29 is 32.3 Å². The van der Waals surface area contributed by atoms with Crippen molar-refractivity contribution in [3.63, 3.8) is 0 Å². The molecule has 2 aromatic heterocycles. The zero-order valence-electron chi connectivity index (χ0n) is 31.1. The maximum Gasteiger partial charge on any atom is 0.410 e. The molecular formula is C42H42FN5O6. The average molecular weight is 732 g/mol. The number of hydrogen-bond acceptors (Lipinski definition) is 8. The summed E-state index contributed by atoms with van der Waals surface area (Å²) < 4.78 is 32.0. The van der Waals surface area contributed by atoms with Crippen LogP contribution in [-0.4, -0.2) is 60.1 Å². The van der Waals surface area contributed by atoms with E-state index in [1.54, 1.807) is 63.1 Å². The predicted octanol–water partition coefficient (Wildman–Crippen LogP) is 8.75. The largest absolute Gasteiger partial charge is 0.456 e. The van der Waals surface area contributed by atoms with E-state index in [0.29, 0.717) is 71.2 Å². The number of amides is 3. The molecule has 0 aliphatic carbocycles. The fourth-order valence-corrected chi connectivity index (χ4v) is 6.80. The summed E-state index contributed by atoms with van der Waals surface area (Å²) in [5.41, 5.74) is 6.13. The average Bonchev–Trinajstić information content (AvgIpc) is 3.88. The molecule has 4 aromatic carbocycles. The van der Waals surface area contributed by atoms with Gasteiger partial charge in [-0.2, -0.15) is 0 Å². The van der Waals surface area contributed by atoms with E-state index in [1.165, 1.54) is 24.0 Å². The second-order valence-corrected chi connectivity index (χ2v) is 14.5. The first-order valence-corrected chi connectivity index (χ1v) is 17.9. The first-order chi connectivity index (χ1) is 25.8. The molecule has 0 saturated carbocycles. The number of halogens is 1. The normalized spacial score (nSPS) is 14.5. The van der Waals surface area contributed by atoms with Crippen LogP contribution >= 0.6 is 0 Å². The molecule has 1 aliphatic heterocycles. The van der Waals surface area contributed by atoms with Crippen LogP contribution in [-0.2, 0) is 20.9 Å². The molecule has 11 nitrogen and oxygen atoms in total. The monoisotopic (exact) mass is 731 g/mol. The summed E-state index contributed by atoms with van der Waals surface area (Å²) in [5, 5.41) is 7.01. The number of fused-ring (bicyclic) bond motifs is 2. The lowest BCUT2D eigenvalue weighted by molar-refractivity contribution is -0.120. The third kappa shape index (κ3) is 7.29. The van der Waals surface area contributed by atoms with E-state index in [0.717, 1.165) is 27.6 Å². The van der Waals surface area contributed by atoms with E-state index < -0.39 is 17.7 Å². The smallest absolute Gasteiger partial charge is 0.410 e. The number of likely N-dealkylation sites (tertiary alicyclic amines) is 1. The van der Waals surface area contributed by atoms with Crippen molar-refractivity contribution in [1.82, 2.24) is 15.2 Å². The number of carbonyl (C=O) groups is 3. The molecule has 278 valence electrons. The van der Waals surface area contributed by atoms with Crippen molar-refractivity contribution >= 4 is 51.4 Å². The zero-order chi connectivity index (χ0) is 38.3. The minimum Gasteiger partial charge on any atom is -0.456 e. The van der Waals surface area contributed by atoms with Gasteiger partial charge in [-0.1, -0.05) is 12.1 Å². The number of nitrogens with zero attached hydrogens (tertiary/aromatic N) is 3. The van der Waals surface area contributed by atoms with Crippen LogP contribution in [0.4, 0.5) is 20.6 Å². The van der Waals surface area contributed by atoms with Crippen LogP contribution in [0.5, 0.6) is 0 Å². The predicted molar refractivity (Wildman–Crippen MR) is 206 cm³/mol. The molecule has 2 N–H and O–H groups in total. The van der Waals surface area contributed by atoms with Crippen LogP contribution in [0.15, 0.2) is 87.7 Å². The van der Waals surface area contributed by atoms with Crippen LogP contribution in [0.2, 0.25) is 0 Å². The van der Waals surface area contributed by atoms with Gasteiger partial charge >= 0.3 is 6.09 Å². The molecule has 1 saturated heterocycles. The number of ether oxygens (including phenoxy) is 1. The maximum atomic E-state index is 13.8. The van der Waals surface area contributed by atoms with E-state index in [4.69, 9.17) is 18.6 Å². The van der Waals surface area contributed by atoms with Crippen molar-refractivity contribution in [2.45, 2.75) is 58.7 Å². The van der Waals surface area contributed by atoms with Gasteiger partial charge < -0.3 is 29.1 Å². The second-order valence-electron chi connectivity index (χ2n) is 14.5. The molecule has 1 atom stereocenters. The Kier molecular flexibility index (Phi) is 9.71. The fourth-order valence-electron chi connectivity index (χ4n) is 6.80. The molecule has 54 heavy (non-hydrogen) atoms. The molecule has 0 bridgehead atoms. The first-order valence-electron chi connectivity index (χ1n) is 17.9. The number of benzene rings is 4. The van der Waals surface area contributed by atoms with Crippen LogP contribution in [0.3, 0.4) is 0 Å². The molecule has 0 radical (unpaired) electrons. The van der Waals surface area contributed by atoms with Crippen molar-refractivity contribution in [2.24, 2.45) is 0 Å². The Labute approximate surface area is 312 Å². The Morgan fingerprint density at radius 2 is 1.72 bits per heavy atom. The summed E-state index contributed by atoms with van der Waals surface area (Å²) in [6, 6.07) is 22.4. The quantitative estimate of drug-likeness (QED) is 0.159. The van der Waals surface area contributed by atoms with E-state index >= 15 is 0 Å². The molecule has 6 aromatic rings. The topological polar surface area (TPSA) is 130 Å². The van der Waals surface area contributed by atoms with Crippen molar-refractivity contribution in [3.05, 3.63) is 90.2 Å². The van der Waals surface area contributed by atoms with Gasteiger partial charge in [0.25, 0.3) is 0 Å². The third-order valence-electron chi connectivity index (χ3n) is 9.46. The van der Waals surface area contributed by atoms with Gasteiger partial charge in [0.2, 0.25) is 17.7 Å². The van der Waals surface area contributed by atoms with E-state index in [-0.39, 0.29) is 17.6 Å². The van der Waals surface area contributed by atoms with Gasteiger partial charge in [0, 0.05) is 72.5 Å². The van der Waals surface area contributed by atoms with Gasteiger partial charge in [-0.3, -0.25) is 14.5 Å². The molecule has 1 fully saturated rings.